The minimum absolute atomic E-state index is 0.0723. The molecule has 0 spiro atoms. The van der Waals surface area contributed by atoms with Gasteiger partial charge in [0, 0.05) is 13.2 Å². The molecule has 0 amide bonds. The molecule has 4 atom stereocenters. The summed E-state index contributed by atoms with van der Waals surface area (Å²) < 4.78 is 5.39. The van der Waals surface area contributed by atoms with Gasteiger partial charge >= 0.3 is 0 Å². The number of rotatable bonds is 4. The molecule has 1 aliphatic carbocycles. The van der Waals surface area contributed by atoms with Crippen LogP contribution in [0.5, 0.6) is 0 Å². The number of hydrogen-bond acceptors (Lipinski definition) is 2. The van der Waals surface area contributed by atoms with Gasteiger partial charge < -0.3 is 9.84 Å². The molecule has 1 heterocycles. The number of aliphatic hydroxyl groups is 1. The Morgan fingerprint density at radius 3 is 2.75 bits per heavy atom. The summed E-state index contributed by atoms with van der Waals surface area (Å²) in [7, 11) is 0. The summed E-state index contributed by atoms with van der Waals surface area (Å²) in [6.07, 6.45) is 8.56. The molecule has 4 unspecified atom stereocenters. The highest BCUT2D eigenvalue weighted by atomic mass is 16.5. The lowest BCUT2D eigenvalue weighted by atomic mass is 9.73. The summed E-state index contributed by atoms with van der Waals surface area (Å²) in [5.74, 6) is 1.96. The minimum atomic E-state index is -0.0723. The Labute approximate surface area is 99.4 Å². The van der Waals surface area contributed by atoms with E-state index in [2.05, 4.69) is 6.92 Å². The molecular weight excluding hydrogens is 200 g/mol. The fraction of sp³-hybridized carbons (Fsp3) is 1.00. The molecule has 0 aromatic rings. The molecular formula is C14H26O2. The highest BCUT2D eigenvalue weighted by Crippen LogP contribution is 2.36. The molecule has 2 fully saturated rings. The number of hydrogen-bond donors (Lipinski definition) is 1. The van der Waals surface area contributed by atoms with Crippen LogP contribution in [-0.2, 0) is 4.74 Å². The van der Waals surface area contributed by atoms with Crippen molar-refractivity contribution < 1.29 is 9.84 Å². The first kappa shape index (κ1) is 12.4. The Balaban J connectivity index is 1.83. The number of aliphatic hydroxyl groups excluding tert-OH is 1. The molecule has 1 N–H and O–H groups in total. The second-order valence-corrected chi connectivity index (χ2v) is 5.65. The lowest BCUT2D eigenvalue weighted by molar-refractivity contribution is 0.0269. The normalized spacial score (nSPS) is 37.5. The highest BCUT2D eigenvalue weighted by molar-refractivity contribution is 4.82. The first-order valence-electron chi connectivity index (χ1n) is 7.07. The van der Waals surface area contributed by atoms with E-state index in [-0.39, 0.29) is 6.10 Å². The second kappa shape index (κ2) is 6.02. The molecule has 0 radical (unpaired) electrons. The van der Waals surface area contributed by atoms with Gasteiger partial charge in [0.25, 0.3) is 0 Å². The average Bonchev–Trinajstić information content (AvgIpc) is 2.81. The van der Waals surface area contributed by atoms with Crippen LogP contribution in [0.2, 0.25) is 0 Å². The fourth-order valence-electron chi connectivity index (χ4n) is 3.54. The van der Waals surface area contributed by atoms with E-state index < -0.39 is 0 Å². The topological polar surface area (TPSA) is 29.5 Å². The summed E-state index contributed by atoms with van der Waals surface area (Å²) >= 11 is 0. The summed E-state index contributed by atoms with van der Waals surface area (Å²) in [5.41, 5.74) is 0. The van der Waals surface area contributed by atoms with E-state index >= 15 is 0 Å². The van der Waals surface area contributed by atoms with E-state index in [1.807, 2.05) is 0 Å². The van der Waals surface area contributed by atoms with Crippen LogP contribution in [0.15, 0.2) is 0 Å². The Morgan fingerprint density at radius 2 is 2.06 bits per heavy atom. The summed E-state index contributed by atoms with van der Waals surface area (Å²) in [5, 5.41) is 10.4. The van der Waals surface area contributed by atoms with Crippen LogP contribution in [-0.4, -0.2) is 24.4 Å². The van der Waals surface area contributed by atoms with Crippen LogP contribution in [0.25, 0.3) is 0 Å². The maximum atomic E-state index is 10.4. The maximum Gasteiger partial charge on any atom is 0.0574 e. The third kappa shape index (κ3) is 2.98. The van der Waals surface area contributed by atoms with Crippen molar-refractivity contribution in [2.45, 2.75) is 58.0 Å². The predicted octanol–water partition coefficient (Wildman–Crippen LogP) is 2.99. The Kier molecular flexibility index (Phi) is 4.66. The van der Waals surface area contributed by atoms with Gasteiger partial charge in [-0.3, -0.25) is 0 Å². The Bertz CT molecular complexity index is 199. The van der Waals surface area contributed by atoms with Gasteiger partial charge in [-0.1, -0.05) is 32.6 Å². The van der Waals surface area contributed by atoms with Crippen LogP contribution >= 0.6 is 0 Å². The van der Waals surface area contributed by atoms with Crippen LogP contribution in [0.4, 0.5) is 0 Å². The molecule has 16 heavy (non-hydrogen) atoms. The first-order valence-corrected chi connectivity index (χ1v) is 7.07. The molecule has 1 aliphatic heterocycles. The summed E-state index contributed by atoms with van der Waals surface area (Å²) in [6, 6.07) is 0. The fourth-order valence-corrected chi connectivity index (χ4v) is 3.54. The van der Waals surface area contributed by atoms with Gasteiger partial charge in [-0.25, -0.2) is 0 Å². The lowest BCUT2D eigenvalue weighted by Crippen LogP contribution is -2.32. The number of ether oxygens (including phenoxy) is 1. The van der Waals surface area contributed by atoms with Gasteiger partial charge in [0.2, 0.25) is 0 Å². The van der Waals surface area contributed by atoms with Gasteiger partial charge in [-0.05, 0) is 37.0 Å². The largest absolute Gasteiger partial charge is 0.393 e. The van der Waals surface area contributed by atoms with E-state index in [4.69, 9.17) is 4.74 Å². The van der Waals surface area contributed by atoms with Crippen molar-refractivity contribution >= 4 is 0 Å². The second-order valence-electron chi connectivity index (χ2n) is 5.65. The molecule has 0 bridgehead atoms. The van der Waals surface area contributed by atoms with Crippen molar-refractivity contribution in [3.05, 3.63) is 0 Å². The molecule has 1 saturated carbocycles. The molecule has 2 rings (SSSR count). The van der Waals surface area contributed by atoms with Crippen LogP contribution in [0.1, 0.15) is 51.9 Å². The monoisotopic (exact) mass is 226 g/mol. The standard InChI is InChI=1S/C14H26O2/c1-2-12-5-3-4-6-13(12)14(15)9-11-7-8-16-10-11/h11-15H,2-10H2,1H3. The third-order valence-electron chi connectivity index (χ3n) is 4.59. The van der Waals surface area contributed by atoms with Crippen molar-refractivity contribution in [2.24, 2.45) is 17.8 Å². The van der Waals surface area contributed by atoms with E-state index in [9.17, 15) is 5.11 Å². The van der Waals surface area contributed by atoms with Crippen LogP contribution in [0, 0.1) is 17.8 Å². The molecule has 1 saturated heterocycles. The molecule has 0 aromatic carbocycles. The van der Waals surface area contributed by atoms with Crippen LogP contribution < -0.4 is 0 Å². The zero-order valence-electron chi connectivity index (χ0n) is 10.5. The minimum Gasteiger partial charge on any atom is -0.393 e. The summed E-state index contributed by atoms with van der Waals surface area (Å²) in [4.78, 5) is 0. The van der Waals surface area contributed by atoms with Gasteiger partial charge in [-0.15, -0.1) is 0 Å². The molecule has 2 aliphatic rings. The first-order chi connectivity index (χ1) is 7.81. The van der Waals surface area contributed by atoms with Gasteiger partial charge in [0.05, 0.1) is 6.10 Å². The lowest BCUT2D eigenvalue weighted by Gasteiger charge is -2.35. The Hall–Kier alpha value is -0.0800. The molecule has 2 nitrogen and oxygen atoms in total. The van der Waals surface area contributed by atoms with Gasteiger partial charge in [0.15, 0.2) is 0 Å². The molecule has 94 valence electrons. The Morgan fingerprint density at radius 1 is 1.25 bits per heavy atom. The van der Waals surface area contributed by atoms with Crippen molar-refractivity contribution in [3.63, 3.8) is 0 Å². The predicted molar refractivity (Wildman–Crippen MR) is 65.3 cm³/mol. The van der Waals surface area contributed by atoms with E-state index in [0.717, 1.165) is 32.0 Å². The SMILES string of the molecule is CCC1CCCCC1C(O)CC1CCOC1. The van der Waals surface area contributed by atoms with Crippen molar-refractivity contribution in [1.29, 1.82) is 0 Å². The van der Waals surface area contributed by atoms with Gasteiger partial charge in [-0.2, -0.15) is 0 Å². The van der Waals surface area contributed by atoms with E-state index in [0.29, 0.717) is 11.8 Å². The molecule has 2 heteroatoms. The van der Waals surface area contributed by atoms with Gasteiger partial charge in [0.1, 0.15) is 0 Å². The third-order valence-corrected chi connectivity index (χ3v) is 4.59. The zero-order chi connectivity index (χ0) is 11.4. The van der Waals surface area contributed by atoms with E-state index in [1.54, 1.807) is 0 Å². The highest BCUT2D eigenvalue weighted by Gasteiger charge is 2.31. The molecule has 0 aromatic heterocycles. The zero-order valence-corrected chi connectivity index (χ0v) is 10.5. The van der Waals surface area contributed by atoms with E-state index in [1.165, 1.54) is 32.1 Å². The maximum absolute atomic E-state index is 10.4. The van der Waals surface area contributed by atoms with Crippen LogP contribution in [0.3, 0.4) is 0 Å². The average molecular weight is 226 g/mol. The smallest absolute Gasteiger partial charge is 0.0574 e. The quantitative estimate of drug-likeness (QED) is 0.798. The van der Waals surface area contributed by atoms with Crippen molar-refractivity contribution in [3.8, 4) is 0 Å². The van der Waals surface area contributed by atoms with Crippen molar-refractivity contribution in [1.82, 2.24) is 0 Å². The summed E-state index contributed by atoms with van der Waals surface area (Å²) in [6.45, 7) is 4.05. The van der Waals surface area contributed by atoms with Crippen molar-refractivity contribution in [2.75, 3.05) is 13.2 Å².